The Labute approximate surface area is 225 Å². The third kappa shape index (κ3) is 4.64. The van der Waals surface area contributed by atoms with Crippen molar-refractivity contribution >= 4 is 11.8 Å². The van der Waals surface area contributed by atoms with Crippen molar-refractivity contribution in [3.63, 3.8) is 0 Å². The quantitative estimate of drug-likeness (QED) is 0.602. The van der Waals surface area contributed by atoms with Gasteiger partial charge in [0.1, 0.15) is 0 Å². The van der Waals surface area contributed by atoms with E-state index in [1.165, 1.54) is 0 Å². The Bertz CT molecular complexity index is 1190. The number of benzene rings is 1. The Kier molecular flexibility index (Phi) is 6.99. The van der Waals surface area contributed by atoms with E-state index in [2.05, 4.69) is 22.9 Å². The maximum atomic E-state index is 14.5. The first kappa shape index (κ1) is 25.5. The summed E-state index contributed by atoms with van der Waals surface area (Å²) in [6.07, 6.45) is 6.74. The van der Waals surface area contributed by atoms with E-state index in [-0.39, 0.29) is 23.8 Å². The van der Waals surface area contributed by atoms with Crippen LogP contribution in [0.5, 0.6) is 0 Å². The number of carbonyl (C=O) groups excluding carboxylic acids is 2. The standard InChI is InChI=1S/C31H39N3O4/c1-21-12-25-17-33(10-8-27(25)32-16-21)30(36)31-15-22(13-24-9-11-38-19-28(24)37-2)14-26(31)18-34(20-31)29(35)23-6-4-3-5-7-23/h3-7,12,16,22,24,26,28H,8-11,13-15,17-20H2,1-2H3/t22-,24?,26+,28?,31+/m1/s1. The zero-order chi connectivity index (χ0) is 26.3. The molecule has 1 aromatic carbocycles. The van der Waals surface area contributed by atoms with Crippen molar-refractivity contribution in [3.05, 3.63) is 65.0 Å². The van der Waals surface area contributed by atoms with Crippen molar-refractivity contribution in [1.82, 2.24) is 14.8 Å². The third-order valence-corrected chi connectivity index (χ3v) is 9.54. The molecule has 0 N–H and O–H groups in total. The van der Waals surface area contributed by atoms with E-state index in [9.17, 15) is 9.59 Å². The van der Waals surface area contributed by atoms with Crippen molar-refractivity contribution in [2.75, 3.05) is 40.0 Å². The summed E-state index contributed by atoms with van der Waals surface area (Å²) in [5, 5.41) is 0. The van der Waals surface area contributed by atoms with Crippen molar-refractivity contribution in [1.29, 1.82) is 0 Å². The first-order valence-corrected chi connectivity index (χ1v) is 14.2. The molecule has 3 aliphatic heterocycles. The van der Waals surface area contributed by atoms with Crippen molar-refractivity contribution in [3.8, 4) is 0 Å². The fourth-order valence-electron chi connectivity index (χ4n) is 7.68. The van der Waals surface area contributed by atoms with Crippen LogP contribution in [-0.2, 0) is 27.2 Å². The van der Waals surface area contributed by atoms with Crippen LogP contribution in [0.25, 0.3) is 0 Å². The maximum absolute atomic E-state index is 14.5. The monoisotopic (exact) mass is 517 g/mol. The molecule has 4 heterocycles. The number of methoxy groups -OCH3 is 1. The molecule has 2 aromatic rings. The number of amides is 2. The van der Waals surface area contributed by atoms with Crippen LogP contribution in [0.4, 0.5) is 0 Å². The Hall–Kier alpha value is -2.77. The van der Waals surface area contributed by atoms with Gasteiger partial charge in [0.2, 0.25) is 5.91 Å². The Morgan fingerprint density at radius 2 is 2.05 bits per heavy atom. The number of fused-ring (bicyclic) bond motifs is 2. The zero-order valence-corrected chi connectivity index (χ0v) is 22.6. The highest BCUT2D eigenvalue weighted by atomic mass is 16.5. The predicted molar refractivity (Wildman–Crippen MR) is 143 cm³/mol. The van der Waals surface area contributed by atoms with Gasteiger partial charge in [0, 0.05) is 63.8 Å². The van der Waals surface area contributed by atoms with Crippen LogP contribution in [0.1, 0.15) is 52.9 Å². The number of hydrogen-bond donors (Lipinski definition) is 0. The molecule has 7 nitrogen and oxygen atoms in total. The molecule has 0 radical (unpaired) electrons. The summed E-state index contributed by atoms with van der Waals surface area (Å²) in [6.45, 7) is 5.96. The average molecular weight is 518 g/mol. The lowest BCUT2D eigenvalue weighted by Gasteiger charge is -2.37. The summed E-state index contributed by atoms with van der Waals surface area (Å²) in [5.41, 5.74) is 3.57. The second kappa shape index (κ2) is 10.4. The molecule has 0 spiro atoms. The molecule has 2 unspecified atom stereocenters. The summed E-state index contributed by atoms with van der Waals surface area (Å²) in [5.74, 6) is 1.38. The van der Waals surface area contributed by atoms with Crippen LogP contribution in [0.3, 0.4) is 0 Å². The van der Waals surface area contributed by atoms with Crippen molar-refractivity contribution in [2.24, 2.45) is 23.2 Å². The second-order valence-corrected chi connectivity index (χ2v) is 11.9. The minimum Gasteiger partial charge on any atom is -0.379 e. The number of nitrogens with zero attached hydrogens (tertiary/aromatic N) is 3. The maximum Gasteiger partial charge on any atom is 0.253 e. The topological polar surface area (TPSA) is 72.0 Å². The van der Waals surface area contributed by atoms with E-state index < -0.39 is 5.41 Å². The summed E-state index contributed by atoms with van der Waals surface area (Å²) < 4.78 is 11.4. The van der Waals surface area contributed by atoms with E-state index in [1.54, 1.807) is 7.11 Å². The van der Waals surface area contributed by atoms with Gasteiger partial charge in [0.25, 0.3) is 5.91 Å². The van der Waals surface area contributed by atoms with E-state index in [4.69, 9.17) is 9.47 Å². The van der Waals surface area contributed by atoms with Crippen LogP contribution >= 0.6 is 0 Å². The summed E-state index contributed by atoms with van der Waals surface area (Å²) in [7, 11) is 1.78. The molecule has 1 aliphatic carbocycles. The zero-order valence-electron chi connectivity index (χ0n) is 22.6. The van der Waals surface area contributed by atoms with Gasteiger partial charge in [-0.25, -0.2) is 0 Å². The van der Waals surface area contributed by atoms with Gasteiger partial charge in [0.15, 0.2) is 0 Å². The summed E-state index contributed by atoms with van der Waals surface area (Å²) in [4.78, 5) is 36.6. The van der Waals surface area contributed by atoms with E-state index in [0.29, 0.717) is 50.2 Å². The SMILES string of the molecule is COC1COCCC1C[C@@H]1C[C@H]2CN(C(=O)c3ccccc3)C[C@@]2(C(=O)N2CCc3ncc(C)cc3C2)C1. The number of aromatic nitrogens is 1. The normalized spacial score (nSPS) is 30.7. The summed E-state index contributed by atoms with van der Waals surface area (Å²) in [6, 6.07) is 11.7. The van der Waals surface area contributed by atoms with Crippen LogP contribution in [0, 0.1) is 30.1 Å². The fraction of sp³-hybridized carbons (Fsp3) is 0.581. The van der Waals surface area contributed by atoms with E-state index in [1.807, 2.05) is 41.4 Å². The molecule has 6 rings (SSSR count). The highest BCUT2D eigenvalue weighted by Crippen LogP contribution is 2.54. The number of likely N-dealkylation sites (tertiary alicyclic amines) is 1. The highest BCUT2D eigenvalue weighted by molar-refractivity contribution is 5.95. The van der Waals surface area contributed by atoms with Gasteiger partial charge in [-0.05, 0) is 73.6 Å². The molecule has 7 heteroatoms. The Morgan fingerprint density at radius 1 is 1.21 bits per heavy atom. The number of carbonyl (C=O) groups is 2. The molecule has 0 bridgehead atoms. The lowest BCUT2D eigenvalue weighted by Crippen LogP contribution is -2.49. The molecular formula is C31H39N3O4. The number of aryl methyl sites for hydroxylation is 1. The molecule has 1 saturated carbocycles. The van der Waals surface area contributed by atoms with Gasteiger partial charge in [0.05, 0.1) is 18.1 Å². The fourth-order valence-corrected chi connectivity index (χ4v) is 7.68. The van der Waals surface area contributed by atoms with E-state index >= 15 is 0 Å². The van der Waals surface area contributed by atoms with Crippen molar-refractivity contribution in [2.45, 2.75) is 51.7 Å². The second-order valence-electron chi connectivity index (χ2n) is 11.9. The van der Waals surface area contributed by atoms with E-state index in [0.717, 1.165) is 55.5 Å². The van der Waals surface area contributed by atoms with Gasteiger partial charge >= 0.3 is 0 Å². The smallest absolute Gasteiger partial charge is 0.253 e. The first-order chi connectivity index (χ1) is 18.5. The lowest BCUT2D eigenvalue weighted by atomic mass is 9.78. The Morgan fingerprint density at radius 3 is 2.87 bits per heavy atom. The van der Waals surface area contributed by atoms with Crippen molar-refractivity contribution < 1.29 is 19.1 Å². The lowest BCUT2D eigenvalue weighted by molar-refractivity contribution is -0.144. The molecule has 202 valence electrons. The first-order valence-electron chi connectivity index (χ1n) is 14.2. The summed E-state index contributed by atoms with van der Waals surface area (Å²) >= 11 is 0. The molecule has 1 aromatic heterocycles. The van der Waals surface area contributed by atoms with Gasteiger partial charge in [-0.15, -0.1) is 0 Å². The average Bonchev–Trinajstić information content (AvgIpc) is 3.47. The third-order valence-electron chi connectivity index (χ3n) is 9.54. The molecule has 5 atom stereocenters. The number of hydrogen-bond acceptors (Lipinski definition) is 5. The largest absolute Gasteiger partial charge is 0.379 e. The molecule has 38 heavy (non-hydrogen) atoms. The minimum atomic E-state index is -0.516. The van der Waals surface area contributed by atoms with Gasteiger partial charge in [-0.2, -0.15) is 0 Å². The van der Waals surface area contributed by atoms with Gasteiger partial charge in [-0.3, -0.25) is 14.6 Å². The van der Waals surface area contributed by atoms with Gasteiger partial charge < -0.3 is 19.3 Å². The van der Waals surface area contributed by atoms with Crippen LogP contribution in [-0.4, -0.2) is 72.7 Å². The van der Waals surface area contributed by atoms with Gasteiger partial charge in [-0.1, -0.05) is 24.3 Å². The molecule has 4 aliphatic rings. The molecular weight excluding hydrogens is 478 g/mol. The number of rotatable bonds is 5. The number of ether oxygens (including phenoxy) is 2. The number of pyridine rings is 1. The molecule has 3 fully saturated rings. The predicted octanol–water partition coefficient (Wildman–Crippen LogP) is 3.88. The highest BCUT2D eigenvalue weighted by Gasteiger charge is 2.59. The minimum absolute atomic E-state index is 0.0383. The van der Waals surface area contributed by atoms with Crippen LogP contribution in [0.2, 0.25) is 0 Å². The van der Waals surface area contributed by atoms with Crippen LogP contribution < -0.4 is 0 Å². The molecule has 2 saturated heterocycles. The molecule has 2 amide bonds. The van der Waals surface area contributed by atoms with Crippen LogP contribution in [0.15, 0.2) is 42.6 Å². The Balaban J connectivity index is 1.25.